The van der Waals surface area contributed by atoms with E-state index < -0.39 is 22.5 Å². The first-order chi connectivity index (χ1) is 8.97. The topological polar surface area (TPSA) is 85.4 Å². The molecule has 1 amide bonds. The Morgan fingerprint density at radius 1 is 1.37 bits per heavy atom. The number of halogens is 1. The number of nitrogens with zero attached hydrogens (tertiary/aromatic N) is 1. The first-order valence-corrected chi connectivity index (χ1v) is 5.29. The molecule has 0 fully saturated rings. The number of hydrogen-bond donors (Lipinski definition) is 1. The Morgan fingerprint density at radius 2 is 2.11 bits per heavy atom. The molecule has 19 heavy (non-hydrogen) atoms. The number of carbonyl (C=O) groups is 1. The number of aryl methyl sites for hydroxylation is 1. The van der Waals surface area contributed by atoms with E-state index in [1.807, 2.05) is 0 Å². The van der Waals surface area contributed by atoms with Crippen molar-refractivity contribution < 1.29 is 18.5 Å². The third-order valence-corrected chi connectivity index (χ3v) is 2.37. The first kappa shape index (κ1) is 12.7. The van der Waals surface area contributed by atoms with Crippen LogP contribution in [-0.4, -0.2) is 10.8 Å². The van der Waals surface area contributed by atoms with Crippen LogP contribution < -0.4 is 5.32 Å². The Hall–Kier alpha value is -2.70. The van der Waals surface area contributed by atoms with E-state index in [1.54, 1.807) is 13.0 Å². The fraction of sp³-hybridized carbons (Fsp3) is 0.0833. The van der Waals surface area contributed by atoms with E-state index >= 15 is 0 Å². The lowest BCUT2D eigenvalue weighted by Crippen LogP contribution is -2.12. The Kier molecular flexibility index (Phi) is 3.28. The number of furan rings is 1. The molecule has 2 aromatic rings. The van der Waals surface area contributed by atoms with Crippen molar-refractivity contribution in [2.75, 3.05) is 5.32 Å². The van der Waals surface area contributed by atoms with Crippen molar-refractivity contribution in [1.29, 1.82) is 0 Å². The van der Waals surface area contributed by atoms with Crippen molar-refractivity contribution >= 4 is 17.5 Å². The van der Waals surface area contributed by atoms with Crippen LogP contribution in [0.5, 0.6) is 0 Å². The fourth-order valence-corrected chi connectivity index (χ4v) is 1.47. The minimum atomic E-state index is -0.760. The molecule has 0 saturated carbocycles. The minimum Gasteiger partial charge on any atom is -0.395 e. The molecule has 0 saturated heterocycles. The quantitative estimate of drug-likeness (QED) is 0.682. The van der Waals surface area contributed by atoms with Gasteiger partial charge in [0.05, 0.1) is 11.8 Å². The summed E-state index contributed by atoms with van der Waals surface area (Å²) in [4.78, 5) is 21.4. The van der Waals surface area contributed by atoms with Gasteiger partial charge in [0.15, 0.2) is 5.76 Å². The molecular weight excluding hydrogens is 255 g/mol. The van der Waals surface area contributed by atoms with Gasteiger partial charge in [-0.2, -0.15) is 0 Å². The van der Waals surface area contributed by atoms with Crippen molar-refractivity contribution in [3.63, 3.8) is 0 Å². The van der Waals surface area contributed by atoms with Crippen LogP contribution >= 0.6 is 0 Å². The van der Waals surface area contributed by atoms with Gasteiger partial charge in [-0.05, 0) is 30.7 Å². The largest absolute Gasteiger partial charge is 0.433 e. The number of benzene rings is 1. The zero-order valence-corrected chi connectivity index (χ0v) is 9.84. The van der Waals surface area contributed by atoms with E-state index in [9.17, 15) is 19.3 Å². The normalized spacial score (nSPS) is 10.2. The predicted octanol–water partition coefficient (Wildman–Crippen LogP) is 2.89. The highest BCUT2D eigenvalue weighted by atomic mass is 19.1. The van der Waals surface area contributed by atoms with Crippen molar-refractivity contribution in [3.05, 3.63) is 57.6 Å². The van der Waals surface area contributed by atoms with Gasteiger partial charge in [-0.25, -0.2) is 4.39 Å². The lowest BCUT2D eigenvalue weighted by atomic mass is 10.2. The summed E-state index contributed by atoms with van der Waals surface area (Å²) in [6.07, 6.45) is 0. The maximum atomic E-state index is 13.4. The summed E-state index contributed by atoms with van der Waals surface area (Å²) in [7, 11) is 0. The first-order valence-electron chi connectivity index (χ1n) is 5.29. The van der Waals surface area contributed by atoms with E-state index in [2.05, 4.69) is 5.32 Å². The molecular formula is C12H9FN2O4. The Balaban J connectivity index is 2.20. The van der Waals surface area contributed by atoms with E-state index in [4.69, 9.17) is 4.42 Å². The van der Waals surface area contributed by atoms with Crippen LogP contribution in [0.3, 0.4) is 0 Å². The van der Waals surface area contributed by atoms with Gasteiger partial charge in [-0.3, -0.25) is 14.9 Å². The smallest absolute Gasteiger partial charge is 0.395 e. The molecule has 0 radical (unpaired) electrons. The number of anilines is 1. The Labute approximate surface area is 107 Å². The lowest BCUT2D eigenvalue weighted by molar-refractivity contribution is -0.402. The molecule has 0 spiro atoms. The van der Waals surface area contributed by atoms with E-state index in [0.717, 1.165) is 17.7 Å². The fourth-order valence-electron chi connectivity index (χ4n) is 1.47. The van der Waals surface area contributed by atoms with Crippen LogP contribution in [0.25, 0.3) is 0 Å². The maximum Gasteiger partial charge on any atom is 0.433 e. The van der Waals surface area contributed by atoms with E-state index in [1.165, 1.54) is 12.1 Å². The van der Waals surface area contributed by atoms with Gasteiger partial charge >= 0.3 is 5.88 Å². The van der Waals surface area contributed by atoms with Crippen LogP contribution in [0.4, 0.5) is 16.0 Å². The van der Waals surface area contributed by atoms with Crippen LogP contribution in [0.1, 0.15) is 16.1 Å². The molecule has 2 rings (SSSR count). The number of rotatable bonds is 3. The second-order valence-corrected chi connectivity index (χ2v) is 3.83. The number of carbonyl (C=O) groups excluding carboxylic acids is 1. The zero-order valence-electron chi connectivity index (χ0n) is 9.84. The highest BCUT2D eigenvalue weighted by Gasteiger charge is 2.18. The lowest BCUT2D eigenvalue weighted by Gasteiger charge is -2.05. The third kappa shape index (κ3) is 2.76. The molecule has 7 heteroatoms. The Morgan fingerprint density at radius 3 is 2.74 bits per heavy atom. The summed E-state index contributed by atoms with van der Waals surface area (Å²) in [5.74, 6) is -2.15. The van der Waals surface area contributed by atoms with Gasteiger partial charge in [0.1, 0.15) is 10.7 Å². The molecule has 98 valence electrons. The van der Waals surface area contributed by atoms with Crippen molar-refractivity contribution in [2.45, 2.75) is 6.92 Å². The summed E-state index contributed by atoms with van der Waals surface area (Å²) >= 11 is 0. The zero-order chi connectivity index (χ0) is 14.0. The molecule has 0 bridgehead atoms. The van der Waals surface area contributed by atoms with Gasteiger partial charge < -0.3 is 9.73 Å². The second kappa shape index (κ2) is 4.89. The van der Waals surface area contributed by atoms with Gasteiger partial charge in [0.2, 0.25) is 0 Å². The molecule has 1 heterocycles. The summed E-state index contributed by atoms with van der Waals surface area (Å²) < 4.78 is 18.1. The van der Waals surface area contributed by atoms with Gasteiger partial charge in [-0.1, -0.05) is 6.07 Å². The van der Waals surface area contributed by atoms with Gasteiger partial charge in [0, 0.05) is 0 Å². The molecule has 0 aliphatic heterocycles. The van der Waals surface area contributed by atoms with Crippen molar-refractivity contribution in [2.24, 2.45) is 0 Å². The second-order valence-electron chi connectivity index (χ2n) is 3.83. The highest BCUT2D eigenvalue weighted by Crippen LogP contribution is 2.19. The SMILES string of the molecule is Cc1ccc(F)c(NC(=O)c2ccc([N+](=O)[O-])o2)c1. The average Bonchev–Trinajstić information content (AvgIpc) is 2.83. The monoisotopic (exact) mass is 264 g/mol. The summed E-state index contributed by atoms with van der Waals surface area (Å²) in [5.41, 5.74) is 0.756. The number of nitrogens with one attached hydrogen (secondary N) is 1. The molecule has 0 unspecified atom stereocenters. The van der Waals surface area contributed by atoms with Gasteiger partial charge in [0.25, 0.3) is 5.91 Å². The van der Waals surface area contributed by atoms with Crippen LogP contribution in [0, 0.1) is 22.9 Å². The average molecular weight is 264 g/mol. The molecule has 0 aliphatic carbocycles. The van der Waals surface area contributed by atoms with Crippen LogP contribution in [0.2, 0.25) is 0 Å². The molecule has 0 atom stereocenters. The minimum absolute atomic E-state index is 0.0101. The third-order valence-electron chi connectivity index (χ3n) is 2.37. The molecule has 6 nitrogen and oxygen atoms in total. The number of amides is 1. The van der Waals surface area contributed by atoms with Crippen LogP contribution in [-0.2, 0) is 0 Å². The molecule has 1 N–H and O–H groups in total. The molecule has 0 aliphatic rings. The standard InChI is InChI=1S/C12H9FN2O4/c1-7-2-3-8(13)9(6-7)14-12(16)10-4-5-11(19-10)15(17)18/h2-6H,1H3,(H,14,16). The van der Waals surface area contributed by atoms with Crippen LogP contribution in [0.15, 0.2) is 34.7 Å². The summed E-state index contributed by atoms with van der Waals surface area (Å²) in [5, 5.41) is 12.7. The number of hydrogen-bond acceptors (Lipinski definition) is 4. The van der Waals surface area contributed by atoms with Gasteiger partial charge in [-0.15, -0.1) is 0 Å². The molecule has 1 aromatic carbocycles. The number of nitro groups is 1. The maximum absolute atomic E-state index is 13.4. The van der Waals surface area contributed by atoms with E-state index in [-0.39, 0.29) is 11.4 Å². The highest BCUT2D eigenvalue weighted by molar-refractivity contribution is 6.02. The van der Waals surface area contributed by atoms with Crippen molar-refractivity contribution in [1.82, 2.24) is 0 Å². The Bertz CT molecular complexity index is 651. The summed E-state index contributed by atoms with van der Waals surface area (Å²) in [6.45, 7) is 1.74. The summed E-state index contributed by atoms with van der Waals surface area (Å²) in [6, 6.07) is 6.44. The molecule has 1 aromatic heterocycles. The van der Waals surface area contributed by atoms with Crippen molar-refractivity contribution in [3.8, 4) is 0 Å². The van der Waals surface area contributed by atoms with E-state index in [0.29, 0.717) is 0 Å². The predicted molar refractivity (Wildman–Crippen MR) is 64.5 cm³/mol.